The SMILES string of the molecule is Nc1ccc2oc(-c3ccc4nc(N)sc4c3)nc2c1. The Morgan fingerprint density at radius 1 is 0.950 bits per heavy atom. The molecule has 4 N–H and O–H groups in total. The Morgan fingerprint density at radius 3 is 2.75 bits per heavy atom. The zero-order valence-corrected chi connectivity index (χ0v) is 11.1. The highest BCUT2D eigenvalue weighted by Gasteiger charge is 2.10. The Kier molecular flexibility index (Phi) is 2.22. The first-order valence-electron chi connectivity index (χ1n) is 6.01. The Bertz CT molecular complexity index is 941. The monoisotopic (exact) mass is 282 g/mol. The molecule has 6 heteroatoms. The third-order valence-corrected chi connectivity index (χ3v) is 3.91. The lowest BCUT2D eigenvalue weighted by Gasteiger charge is -1.94. The first-order chi connectivity index (χ1) is 9.69. The van der Waals surface area contributed by atoms with Gasteiger partial charge in [-0.3, -0.25) is 0 Å². The van der Waals surface area contributed by atoms with Crippen LogP contribution in [-0.2, 0) is 0 Å². The van der Waals surface area contributed by atoms with Crippen molar-refractivity contribution in [2.75, 3.05) is 11.5 Å². The molecule has 20 heavy (non-hydrogen) atoms. The van der Waals surface area contributed by atoms with Crippen molar-refractivity contribution in [3.8, 4) is 11.5 Å². The van der Waals surface area contributed by atoms with E-state index in [1.807, 2.05) is 24.3 Å². The Labute approximate surface area is 117 Å². The fourth-order valence-electron chi connectivity index (χ4n) is 2.14. The molecule has 0 spiro atoms. The number of nitrogen functional groups attached to an aromatic ring is 2. The molecule has 0 saturated carbocycles. The minimum atomic E-state index is 0.558. The van der Waals surface area contributed by atoms with Crippen molar-refractivity contribution < 1.29 is 4.42 Å². The summed E-state index contributed by atoms with van der Waals surface area (Å²) < 4.78 is 6.77. The van der Waals surface area contributed by atoms with Crippen LogP contribution < -0.4 is 11.5 Å². The maximum atomic E-state index is 5.75. The first-order valence-corrected chi connectivity index (χ1v) is 6.83. The highest BCUT2D eigenvalue weighted by Crippen LogP contribution is 2.30. The van der Waals surface area contributed by atoms with Gasteiger partial charge < -0.3 is 15.9 Å². The van der Waals surface area contributed by atoms with Crippen LogP contribution in [0.2, 0.25) is 0 Å². The summed E-state index contributed by atoms with van der Waals surface area (Å²) in [5.41, 5.74) is 15.4. The number of benzene rings is 2. The quantitative estimate of drug-likeness (QED) is 0.523. The van der Waals surface area contributed by atoms with Gasteiger partial charge in [0.1, 0.15) is 5.52 Å². The van der Waals surface area contributed by atoms with E-state index in [2.05, 4.69) is 9.97 Å². The van der Waals surface area contributed by atoms with Crippen LogP contribution in [0.5, 0.6) is 0 Å². The molecule has 0 amide bonds. The highest BCUT2D eigenvalue weighted by atomic mass is 32.1. The number of rotatable bonds is 1. The summed E-state index contributed by atoms with van der Waals surface area (Å²) in [7, 11) is 0. The van der Waals surface area contributed by atoms with Gasteiger partial charge in [-0.1, -0.05) is 11.3 Å². The molecule has 0 fully saturated rings. The lowest BCUT2D eigenvalue weighted by molar-refractivity contribution is 0.620. The number of fused-ring (bicyclic) bond motifs is 2. The largest absolute Gasteiger partial charge is 0.436 e. The van der Waals surface area contributed by atoms with E-state index in [1.54, 1.807) is 12.1 Å². The maximum absolute atomic E-state index is 5.75. The van der Waals surface area contributed by atoms with Crippen molar-refractivity contribution in [3.63, 3.8) is 0 Å². The lowest BCUT2D eigenvalue weighted by atomic mass is 10.2. The van der Waals surface area contributed by atoms with Crippen LogP contribution in [0.1, 0.15) is 0 Å². The van der Waals surface area contributed by atoms with Crippen LogP contribution in [-0.4, -0.2) is 9.97 Å². The van der Waals surface area contributed by atoms with Crippen molar-refractivity contribution >= 4 is 43.5 Å². The fourth-order valence-corrected chi connectivity index (χ4v) is 2.92. The van der Waals surface area contributed by atoms with Crippen LogP contribution in [0.4, 0.5) is 10.8 Å². The molecule has 4 aromatic rings. The number of oxazole rings is 1. The van der Waals surface area contributed by atoms with Crippen molar-refractivity contribution in [1.82, 2.24) is 9.97 Å². The lowest BCUT2D eigenvalue weighted by Crippen LogP contribution is -1.82. The van der Waals surface area contributed by atoms with Crippen molar-refractivity contribution in [3.05, 3.63) is 36.4 Å². The van der Waals surface area contributed by atoms with Crippen LogP contribution in [0, 0.1) is 0 Å². The Morgan fingerprint density at radius 2 is 1.85 bits per heavy atom. The standard InChI is InChI=1S/C14H10N4OS/c15-8-2-4-11-10(6-8)17-13(19-11)7-1-3-9-12(5-7)20-14(16)18-9/h1-6H,15H2,(H2,16,18). The summed E-state index contributed by atoms with van der Waals surface area (Å²) in [5, 5.41) is 0.558. The summed E-state index contributed by atoms with van der Waals surface area (Å²) in [6, 6.07) is 11.2. The molecular formula is C14H10N4OS. The normalized spacial score (nSPS) is 11.4. The Balaban J connectivity index is 1.90. The van der Waals surface area contributed by atoms with E-state index in [-0.39, 0.29) is 0 Å². The highest BCUT2D eigenvalue weighted by molar-refractivity contribution is 7.22. The van der Waals surface area contributed by atoms with Gasteiger partial charge in [0, 0.05) is 11.3 Å². The molecule has 4 rings (SSSR count). The van der Waals surface area contributed by atoms with Gasteiger partial charge in [-0.05, 0) is 36.4 Å². The summed E-state index contributed by atoms with van der Waals surface area (Å²) >= 11 is 1.45. The second kappa shape index (κ2) is 3.94. The van der Waals surface area contributed by atoms with Gasteiger partial charge in [0.25, 0.3) is 0 Å². The minimum Gasteiger partial charge on any atom is -0.436 e. The zero-order chi connectivity index (χ0) is 13.7. The molecule has 2 heterocycles. The van der Waals surface area contributed by atoms with Crippen molar-refractivity contribution in [2.45, 2.75) is 0 Å². The molecule has 0 aliphatic rings. The number of nitrogens with zero attached hydrogens (tertiary/aromatic N) is 2. The van der Waals surface area contributed by atoms with Gasteiger partial charge >= 0.3 is 0 Å². The summed E-state index contributed by atoms with van der Waals surface area (Å²) in [6.07, 6.45) is 0. The van der Waals surface area contributed by atoms with E-state index in [1.165, 1.54) is 11.3 Å². The van der Waals surface area contributed by atoms with E-state index in [9.17, 15) is 0 Å². The molecule has 0 bridgehead atoms. The topological polar surface area (TPSA) is 91.0 Å². The van der Waals surface area contributed by atoms with Gasteiger partial charge in [-0.25, -0.2) is 9.97 Å². The third kappa shape index (κ3) is 1.70. The van der Waals surface area contributed by atoms with E-state index in [0.29, 0.717) is 16.7 Å². The smallest absolute Gasteiger partial charge is 0.227 e. The number of hydrogen-bond donors (Lipinski definition) is 2. The second-order valence-corrected chi connectivity index (χ2v) is 5.54. The number of thiazole rings is 1. The van der Waals surface area contributed by atoms with E-state index < -0.39 is 0 Å². The summed E-state index contributed by atoms with van der Waals surface area (Å²) in [5.74, 6) is 0.569. The van der Waals surface area contributed by atoms with E-state index in [4.69, 9.17) is 15.9 Å². The first kappa shape index (κ1) is 11.2. The van der Waals surface area contributed by atoms with Gasteiger partial charge in [0.15, 0.2) is 10.7 Å². The molecule has 0 saturated heterocycles. The molecule has 5 nitrogen and oxygen atoms in total. The minimum absolute atomic E-state index is 0.558. The number of aromatic nitrogens is 2. The number of nitrogens with two attached hydrogens (primary N) is 2. The number of hydrogen-bond acceptors (Lipinski definition) is 6. The summed E-state index contributed by atoms with van der Waals surface area (Å²) in [6.45, 7) is 0. The van der Waals surface area contributed by atoms with Gasteiger partial charge in [-0.2, -0.15) is 0 Å². The van der Waals surface area contributed by atoms with Gasteiger partial charge in [-0.15, -0.1) is 0 Å². The molecule has 0 unspecified atom stereocenters. The molecule has 0 aliphatic heterocycles. The van der Waals surface area contributed by atoms with Crippen molar-refractivity contribution in [2.24, 2.45) is 0 Å². The van der Waals surface area contributed by atoms with Gasteiger partial charge in [0.05, 0.1) is 10.2 Å². The molecule has 0 atom stereocenters. The summed E-state index contributed by atoms with van der Waals surface area (Å²) in [4.78, 5) is 8.69. The van der Waals surface area contributed by atoms with Crippen LogP contribution in [0.25, 0.3) is 32.8 Å². The van der Waals surface area contributed by atoms with Crippen LogP contribution in [0.3, 0.4) is 0 Å². The predicted octanol–water partition coefficient (Wildman–Crippen LogP) is 3.27. The fraction of sp³-hybridized carbons (Fsp3) is 0. The predicted molar refractivity (Wildman–Crippen MR) is 81.4 cm³/mol. The molecule has 2 aromatic heterocycles. The zero-order valence-electron chi connectivity index (χ0n) is 10.3. The maximum Gasteiger partial charge on any atom is 0.227 e. The van der Waals surface area contributed by atoms with E-state index >= 15 is 0 Å². The molecule has 0 radical (unpaired) electrons. The number of anilines is 2. The van der Waals surface area contributed by atoms with E-state index in [0.717, 1.165) is 26.9 Å². The average Bonchev–Trinajstić information content (AvgIpc) is 2.99. The third-order valence-electron chi connectivity index (χ3n) is 3.06. The molecule has 2 aromatic carbocycles. The van der Waals surface area contributed by atoms with Crippen LogP contribution in [0.15, 0.2) is 40.8 Å². The molecular weight excluding hydrogens is 272 g/mol. The van der Waals surface area contributed by atoms with Gasteiger partial charge in [0.2, 0.25) is 5.89 Å². The second-order valence-electron chi connectivity index (χ2n) is 4.48. The molecule has 0 aliphatic carbocycles. The average molecular weight is 282 g/mol. The molecule has 98 valence electrons. The van der Waals surface area contributed by atoms with Crippen molar-refractivity contribution in [1.29, 1.82) is 0 Å². The van der Waals surface area contributed by atoms with Crippen LogP contribution >= 0.6 is 11.3 Å². The Hall–Kier alpha value is -2.60.